The second kappa shape index (κ2) is 4.26. The van der Waals surface area contributed by atoms with Crippen LogP contribution < -0.4 is 0 Å². The Kier molecular flexibility index (Phi) is 2.71. The fourth-order valence-electron chi connectivity index (χ4n) is 7.32. The summed E-state index contributed by atoms with van der Waals surface area (Å²) in [5, 5.41) is 10.00. The molecule has 1 saturated heterocycles. The van der Waals surface area contributed by atoms with Gasteiger partial charge >= 0.3 is 0 Å². The van der Waals surface area contributed by atoms with Gasteiger partial charge in [0.25, 0.3) is 0 Å². The minimum absolute atomic E-state index is 0.00581. The third kappa shape index (κ3) is 1.72. The zero-order chi connectivity index (χ0) is 14.2. The zero-order valence-corrected chi connectivity index (χ0v) is 13.4. The van der Waals surface area contributed by atoms with Crippen LogP contribution in [0.1, 0.15) is 64.7 Å². The van der Waals surface area contributed by atoms with E-state index in [1.807, 2.05) is 0 Å². The molecule has 0 radical (unpaired) electrons. The van der Waals surface area contributed by atoms with E-state index >= 15 is 0 Å². The van der Waals surface area contributed by atoms with E-state index in [1.165, 1.54) is 44.9 Å². The van der Waals surface area contributed by atoms with Crippen LogP contribution in [0.25, 0.3) is 0 Å². The number of aliphatic hydroxyl groups is 1. The third-order valence-corrected chi connectivity index (χ3v) is 8.65. The molecular formula is C19H30O2. The van der Waals surface area contributed by atoms with Crippen LogP contribution in [0, 0.1) is 35.0 Å². The maximum atomic E-state index is 10.00. The van der Waals surface area contributed by atoms with Crippen LogP contribution in [0.5, 0.6) is 0 Å². The molecule has 8 atom stereocenters. The van der Waals surface area contributed by atoms with Gasteiger partial charge in [0.1, 0.15) is 0 Å². The molecule has 1 spiro atoms. The summed E-state index contributed by atoms with van der Waals surface area (Å²) in [6, 6.07) is 0. The largest absolute Gasteiger partial charge is 0.393 e. The second-order valence-electron chi connectivity index (χ2n) is 9.27. The summed E-state index contributed by atoms with van der Waals surface area (Å²) in [5.74, 6) is 4.64. The number of hydrogen-bond acceptors (Lipinski definition) is 2. The number of aliphatic hydroxyl groups excluding tert-OH is 1. The Hall–Kier alpha value is -0.0800. The molecule has 0 unspecified atom stereocenters. The Labute approximate surface area is 128 Å². The highest BCUT2D eigenvalue weighted by Gasteiger charge is 2.68. The molecule has 0 aromatic rings. The van der Waals surface area contributed by atoms with Gasteiger partial charge in [0.2, 0.25) is 0 Å². The molecule has 0 amide bonds. The number of hydrogen-bond donors (Lipinski definition) is 1. The molecule has 4 aliphatic carbocycles. The van der Waals surface area contributed by atoms with E-state index in [4.69, 9.17) is 4.74 Å². The Morgan fingerprint density at radius 1 is 0.952 bits per heavy atom. The Morgan fingerprint density at radius 2 is 1.76 bits per heavy atom. The first-order valence-corrected chi connectivity index (χ1v) is 9.43. The maximum Gasteiger partial charge on any atom is 0.0972 e. The van der Waals surface area contributed by atoms with E-state index in [0.717, 1.165) is 49.0 Å². The van der Waals surface area contributed by atoms with Crippen molar-refractivity contribution >= 4 is 0 Å². The molecule has 2 nitrogen and oxygen atoms in total. The molecule has 0 aromatic heterocycles. The molecule has 5 rings (SSSR count). The molecule has 4 saturated carbocycles. The van der Waals surface area contributed by atoms with Gasteiger partial charge in [-0.1, -0.05) is 6.92 Å². The lowest BCUT2D eigenvalue weighted by atomic mass is 9.50. The standard InChI is InChI=1S/C19H30O2/c1-18-10-13-3-2-12-8-15(20)4-5-16(12)17(13)9-14(18)6-7-19(18)11-21-19/h12-17,20H,2-11H2,1H3/t12-,13+,14-,15-,16+,17+,18-,19+/m0/s1. The topological polar surface area (TPSA) is 32.8 Å². The van der Waals surface area contributed by atoms with E-state index in [1.54, 1.807) is 0 Å². The van der Waals surface area contributed by atoms with E-state index in [0.29, 0.717) is 11.0 Å². The summed E-state index contributed by atoms with van der Waals surface area (Å²) in [6.45, 7) is 3.61. The minimum Gasteiger partial charge on any atom is -0.393 e. The molecule has 5 fully saturated rings. The van der Waals surface area contributed by atoms with Gasteiger partial charge in [0.15, 0.2) is 0 Å². The van der Waals surface area contributed by atoms with Gasteiger partial charge in [0.05, 0.1) is 18.3 Å². The molecule has 118 valence electrons. The number of ether oxygens (including phenoxy) is 1. The van der Waals surface area contributed by atoms with Crippen molar-refractivity contribution in [2.45, 2.75) is 76.4 Å². The summed E-state index contributed by atoms with van der Waals surface area (Å²) >= 11 is 0. The molecule has 0 bridgehead atoms. The molecule has 1 N–H and O–H groups in total. The lowest BCUT2D eigenvalue weighted by molar-refractivity contribution is -0.0719. The average Bonchev–Trinajstić information content (AvgIpc) is 3.20. The first-order valence-electron chi connectivity index (χ1n) is 9.43. The second-order valence-corrected chi connectivity index (χ2v) is 9.27. The maximum absolute atomic E-state index is 10.00. The van der Waals surface area contributed by atoms with Crippen LogP contribution in [-0.4, -0.2) is 23.4 Å². The first kappa shape index (κ1) is 13.4. The summed E-state index contributed by atoms with van der Waals surface area (Å²) < 4.78 is 6.00. The number of fused-ring (bicyclic) bond motifs is 5. The molecule has 2 heteroatoms. The molecule has 21 heavy (non-hydrogen) atoms. The van der Waals surface area contributed by atoms with Crippen molar-refractivity contribution in [2.75, 3.05) is 6.61 Å². The van der Waals surface area contributed by atoms with E-state index < -0.39 is 0 Å². The lowest BCUT2D eigenvalue weighted by Gasteiger charge is -2.55. The zero-order valence-electron chi connectivity index (χ0n) is 13.4. The fourth-order valence-corrected chi connectivity index (χ4v) is 7.32. The van der Waals surface area contributed by atoms with Crippen molar-refractivity contribution in [2.24, 2.45) is 35.0 Å². The summed E-state index contributed by atoms with van der Waals surface area (Å²) in [6.07, 6.45) is 12.0. The molecular weight excluding hydrogens is 260 g/mol. The Balaban J connectivity index is 1.40. The predicted molar refractivity (Wildman–Crippen MR) is 81.8 cm³/mol. The lowest BCUT2D eigenvalue weighted by Crippen LogP contribution is -2.49. The highest BCUT2D eigenvalue weighted by atomic mass is 16.6. The summed E-state index contributed by atoms with van der Waals surface area (Å²) in [5.41, 5.74) is 0.803. The molecule has 1 aliphatic heterocycles. The van der Waals surface area contributed by atoms with Crippen LogP contribution >= 0.6 is 0 Å². The van der Waals surface area contributed by atoms with Gasteiger partial charge in [-0.05, 0) is 87.4 Å². The number of rotatable bonds is 0. The van der Waals surface area contributed by atoms with E-state index in [-0.39, 0.29) is 6.10 Å². The Morgan fingerprint density at radius 3 is 2.57 bits per heavy atom. The van der Waals surface area contributed by atoms with Crippen LogP contribution in [-0.2, 0) is 4.74 Å². The van der Waals surface area contributed by atoms with Crippen LogP contribution in [0.3, 0.4) is 0 Å². The van der Waals surface area contributed by atoms with Crippen LogP contribution in [0.15, 0.2) is 0 Å². The van der Waals surface area contributed by atoms with Crippen LogP contribution in [0.2, 0.25) is 0 Å². The smallest absolute Gasteiger partial charge is 0.0972 e. The predicted octanol–water partition coefficient (Wildman–Crippen LogP) is 3.77. The summed E-state index contributed by atoms with van der Waals surface area (Å²) in [7, 11) is 0. The van der Waals surface area contributed by atoms with Crippen molar-refractivity contribution in [1.29, 1.82) is 0 Å². The van der Waals surface area contributed by atoms with Crippen molar-refractivity contribution in [3.05, 3.63) is 0 Å². The molecule has 1 heterocycles. The quantitative estimate of drug-likeness (QED) is 0.689. The average molecular weight is 290 g/mol. The summed E-state index contributed by atoms with van der Waals surface area (Å²) in [4.78, 5) is 0. The SMILES string of the molecule is C[C@]12C[C@H]3CC[C@H]4C[C@@H](O)CC[C@H]4[C@@H]3C[C@@H]1CC[C@@]21CO1. The van der Waals surface area contributed by atoms with Crippen LogP contribution in [0.4, 0.5) is 0 Å². The van der Waals surface area contributed by atoms with Gasteiger partial charge in [-0.2, -0.15) is 0 Å². The van der Waals surface area contributed by atoms with Gasteiger partial charge < -0.3 is 9.84 Å². The first-order chi connectivity index (χ1) is 10.1. The van der Waals surface area contributed by atoms with Crippen molar-refractivity contribution < 1.29 is 9.84 Å². The minimum atomic E-state index is 0.00581. The number of epoxide rings is 1. The highest BCUT2D eigenvalue weighted by Crippen LogP contribution is 2.68. The molecule has 5 aliphatic rings. The van der Waals surface area contributed by atoms with Crippen molar-refractivity contribution in [3.63, 3.8) is 0 Å². The van der Waals surface area contributed by atoms with Gasteiger partial charge in [0, 0.05) is 5.41 Å². The van der Waals surface area contributed by atoms with Gasteiger partial charge in [-0.15, -0.1) is 0 Å². The normalized spacial score (nSPS) is 62.0. The van der Waals surface area contributed by atoms with Gasteiger partial charge in [-0.3, -0.25) is 0 Å². The highest BCUT2D eigenvalue weighted by molar-refractivity contribution is 5.16. The molecule has 0 aromatic carbocycles. The Bertz CT molecular complexity index is 443. The van der Waals surface area contributed by atoms with Gasteiger partial charge in [-0.25, -0.2) is 0 Å². The van der Waals surface area contributed by atoms with E-state index in [9.17, 15) is 5.11 Å². The van der Waals surface area contributed by atoms with Crippen molar-refractivity contribution in [3.8, 4) is 0 Å². The third-order valence-electron chi connectivity index (χ3n) is 8.65. The van der Waals surface area contributed by atoms with Crippen molar-refractivity contribution in [1.82, 2.24) is 0 Å². The fraction of sp³-hybridized carbons (Fsp3) is 1.00. The van der Waals surface area contributed by atoms with E-state index in [2.05, 4.69) is 6.92 Å². The monoisotopic (exact) mass is 290 g/mol.